The maximum absolute atomic E-state index is 5.42. The maximum atomic E-state index is 5.42. The Morgan fingerprint density at radius 2 is 1.73 bits per heavy atom. The second-order valence-electron chi connectivity index (χ2n) is 2.27. The van der Waals surface area contributed by atoms with Gasteiger partial charge in [0.15, 0.2) is 9.04 Å². The first-order valence-electron chi connectivity index (χ1n) is 3.53. The van der Waals surface area contributed by atoms with Crippen LogP contribution in [0, 0.1) is 0 Å². The van der Waals surface area contributed by atoms with E-state index in [0.717, 1.165) is 10.5 Å². The lowest BCUT2D eigenvalue weighted by atomic mass is 11.9. The van der Waals surface area contributed by atoms with E-state index in [1.165, 1.54) is 0 Å². The van der Waals surface area contributed by atoms with Crippen LogP contribution in [0.3, 0.4) is 0 Å². The third-order valence-corrected chi connectivity index (χ3v) is 7.67. The second kappa shape index (κ2) is 9.02. The summed E-state index contributed by atoms with van der Waals surface area (Å²) in [5.41, 5.74) is 0. The molecular weight excluding hydrogens is 228 g/mol. The molecule has 0 unspecified atom stereocenters. The molecule has 0 aromatic carbocycles. The van der Waals surface area contributed by atoms with E-state index >= 15 is 0 Å². The van der Waals surface area contributed by atoms with Crippen LogP contribution in [0.1, 0.15) is 0 Å². The molecule has 0 saturated heterocycles. The molecule has 0 aromatic rings. The average Bonchev–Trinajstić information content (AvgIpc) is 1.96. The lowest BCUT2D eigenvalue weighted by Crippen LogP contribution is -2.18. The number of hydrogen-bond acceptors (Lipinski definition) is 4. The Morgan fingerprint density at radius 3 is 2.27 bits per heavy atom. The Hall–Kier alpha value is 0.924. The van der Waals surface area contributed by atoms with Gasteiger partial charge < -0.3 is 16.5 Å². The summed E-state index contributed by atoms with van der Waals surface area (Å²) in [6, 6.07) is 0. The molecule has 0 radical (unpaired) electrons. The molecule has 0 aliphatic heterocycles. The van der Waals surface area contributed by atoms with Gasteiger partial charge in [0.2, 0.25) is 0 Å². The summed E-state index contributed by atoms with van der Waals surface area (Å²) in [5, 5.41) is 0. The Bertz CT molecular complexity index is 80.9. The standard InChI is InChI=1S/C2H16O4Si5/c1-11(2)6-10-5-9-4-8-3-7/h11H,8-10H2,1-2,7H3. The van der Waals surface area contributed by atoms with Crippen LogP contribution in [0.25, 0.3) is 0 Å². The van der Waals surface area contributed by atoms with Gasteiger partial charge in [0.25, 0.3) is 30.0 Å². The highest BCUT2D eigenvalue weighted by Crippen LogP contribution is 1.80. The van der Waals surface area contributed by atoms with Crippen LogP contribution >= 0.6 is 0 Å². The van der Waals surface area contributed by atoms with Crippen molar-refractivity contribution < 1.29 is 16.5 Å². The van der Waals surface area contributed by atoms with Gasteiger partial charge >= 0.3 is 0 Å². The topological polar surface area (TPSA) is 36.9 Å². The molecule has 0 fully saturated rings. The lowest BCUT2D eigenvalue weighted by Gasteiger charge is -2.07. The van der Waals surface area contributed by atoms with Gasteiger partial charge in [-0.3, -0.25) is 0 Å². The first-order valence-corrected chi connectivity index (χ1v) is 10.6. The number of rotatable bonds is 7. The summed E-state index contributed by atoms with van der Waals surface area (Å²) < 4.78 is 20.9. The van der Waals surface area contributed by atoms with Crippen molar-refractivity contribution in [3.8, 4) is 0 Å². The van der Waals surface area contributed by atoms with Crippen molar-refractivity contribution in [2.24, 2.45) is 0 Å². The van der Waals surface area contributed by atoms with Crippen molar-refractivity contribution in [2.45, 2.75) is 13.1 Å². The van der Waals surface area contributed by atoms with E-state index in [1.807, 2.05) is 0 Å². The molecule has 0 saturated carbocycles. The quantitative estimate of drug-likeness (QED) is 0.341. The maximum Gasteiger partial charge on any atom is 0.286 e. The minimum Gasteiger partial charge on any atom is -0.449 e. The van der Waals surface area contributed by atoms with Gasteiger partial charge in [-0.15, -0.1) is 0 Å². The van der Waals surface area contributed by atoms with Gasteiger partial charge in [-0.25, -0.2) is 0 Å². The fraction of sp³-hybridized carbons (Fsp3) is 1.00. The molecule has 0 aliphatic carbocycles. The molecular formula is C2H16O4Si5. The predicted octanol–water partition coefficient (Wildman–Crippen LogP) is -3.69. The zero-order valence-corrected chi connectivity index (χ0v) is 14.7. The van der Waals surface area contributed by atoms with E-state index in [0.29, 0.717) is 0 Å². The molecule has 4 nitrogen and oxygen atoms in total. The van der Waals surface area contributed by atoms with Crippen LogP contribution in [-0.4, -0.2) is 49.5 Å². The Labute approximate surface area is 79.4 Å². The van der Waals surface area contributed by atoms with Crippen LogP contribution in [0.15, 0.2) is 0 Å². The van der Waals surface area contributed by atoms with Gasteiger partial charge in [0, 0.05) is 0 Å². The van der Waals surface area contributed by atoms with E-state index in [9.17, 15) is 0 Å². The Balaban J connectivity index is 2.80. The monoisotopic (exact) mass is 244 g/mol. The molecule has 11 heavy (non-hydrogen) atoms. The molecule has 0 N–H and O–H groups in total. The molecule has 0 heterocycles. The van der Waals surface area contributed by atoms with Gasteiger partial charge in [-0.1, -0.05) is 0 Å². The minimum atomic E-state index is -0.839. The largest absolute Gasteiger partial charge is 0.449 e. The zero-order valence-electron chi connectivity index (χ0n) is 7.33. The van der Waals surface area contributed by atoms with E-state index < -0.39 is 39.1 Å². The van der Waals surface area contributed by atoms with Crippen molar-refractivity contribution >= 4 is 49.5 Å². The zero-order chi connectivity index (χ0) is 8.53. The van der Waals surface area contributed by atoms with Crippen LogP contribution in [0.4, 0.5) is 0 Å². The summed E-state index contributed by atoms with van der Waals surface area (Å²) in [6.45, 7) is 4.29. The molecule has 0 spiro atoms. The molecule has 0 bridgehead atoms. The van der Waals surface area contributed by atoms with Gasteiger partial charge in [-0.05, 0) is 13.1 Å². The Kier molecular flexibility index (Phi) is 9.77. The van der Waals surface area contributed by atoms with E-state index in [4.69, 9.17) is 16.5 Å². The molecule has 0 rings (SSSR count). The minimum absolute atomic E-state index is 0.649. The molecule has 0 amide bonds. The summed E-state index contributed by atoms with van der Waals surface area (Å²) in [4.78, 5) is 0. The van der Waals surface area contributed by atoms with Crippen LogP contribution < -0.4 is 0 Å². The van der Waals surface area contributed by atoms with Crippen molar-refractivity contribution in [3.63, 3.8) is 0 Å². The highest BCUT2D eigenvalue weighted by Gasteiger charge is 1.95. The highest BCUT2D eigenvalue weighted by molar-refractivity contribution is 6.56. The molecule has 0 aliphatic rings. The van der Waals surface area contributed by atoms with Gasteiger partial charge in [0.1, 0.15) is 10.5 Å². The normalized spacial score (nSPS) is 14.5. The van der Waals surface area contributed by atoms with Crippen molar-refractivity contribution in [2.75, 3.05) is 0 Å². The average molecular weight is 245 g/mol. The van der Waals surface area contributed by atoms with E-state index in [2.05, 4.69) is 13.1 Å². The van der Waals surface area contributed by atoms with Crippen molar-refractivity contribution in [1.29, 1.82) is 0 Å². The third-order valence-electron chi connectivity index (χ3n) is 0.853. The summed E-state index contributed by atoms with van der Waals surface area (Å²) in [6.07, 6.45) is 0. The van der Waals surface area contributed by atoms with Crippen LogP contribution in [-0.2, 0) is 16.5 Å². The van der Waals surface area contributed by atoms with E-state index in [-0.39, 0.29) is 0 Å². The second-order valence-corrected chi connectivity index (χ2v) is 12.0. The molecule has 0 atom stereocenters. The van der Waals surface area contributed by atoms with Crippen molar-refractivity contribution in [3.05, 3.63) is 0 Å². The smallest absolute Gasteiger partial charge is 0.286 e. The number of hydrogen-bond donors (Lipinski definition) is 0. The predicted molar refractivity (Wildman–Crippen MR) is 58.8 cm³/mol. The molecule has 9 heteroatoms. The SMILES string of the molecule is C[SiH](C)O[SiH2]O[SiH2]O[SiH2]O[SiH3]. The Morgan fingerprint density at radius 1 is 1.09 bits per heavy atom. The molecule has 68 valence electrons. The third kappa shape index (κ3) is 10.9. The van der Waals surface area contributed by atoms with Crippen LogP contribution in [0.5, 0.6) is 0 Å². The molecule has 0 aromatic heterocycles. The summed E-state index contributed by atoms with van der Waals surface area (Å²) in [7, 11) is -2.10. The highest BCUT2D eigenvalue weighted by atomic mass is 28.4. The van der Waals surface area contributed by atoms with E-state index in [1.54, 1.807) is 0 Å². The lowest BCUT2D eigenvalue weighted by molar-refractivity contribution is 0.405. The fourth-order valence-corrected chi connectivity index (χ4v) is 6.98. The summed E-state index contributed by atoms with van der Waals surface area (Å²) >= 11 is 0. The van der Waals surface area contributed by atoms with Gasteiger partial charge in [-0.2, -0.15) is 0 Å². The first-order chi connectivity index (χ1) is 5.27. The van der Waals surface area contributed by atoms with Crippen LogP contribution in [0.2, 0.25) is 13.1 Å². The summed E-state index contributed by atoms with van der Waals surface area (Å²) in [5.74, 6) is 0. The first kappa shape index (κ1) is 11.9. The fourth-order valence-electron chi connectivity index (χ4n) is 0.394. The van der Waals surface area contributed by atoms with Gasteiger partial charge in [0.05, 0.1) is 0 Å². The van der Waals surface area contributed by atoms with Crippen molar-refractivity contribution in [1.82, 2.24) is 0 Å².